The number of halogens is 2. The lowest BCUT2D eigenvalue weighted by molar-refractivity contribution is 0.211. The number of benzene rings is 3. The Morgan fingerprint density at radius 3 is 2.37 bits per heavy atom. The molecule has 0 saturated carbocycles. The van der Waals surface area contributed by atoms with Crippen LogP contribution >= 0.6 is 11.3 Å². The Morgan fingerprint density at radius 1 is 1.03 bits per heavy atom. The smallest absolute Gasteiger partial charge is 0.409 e. The Hall–Kier alpha value is -3.52. The Morgan fingerprint density at radius 2 is 1.70 bits per heavy atom. The van der Waals surface area contributed by atoms with E-state index in [4.69, 9.17) is 15.2 Å². The first kappa shape index (κ1) is 19.8. The summed E-state index contributed by atoms with van der Waals surface area (Å²) in [7, 11) is 0. The van der Waals surface area contributed by atoms with E-state index >= 15 is 0 Å². The van der Waals surface area contributed by atoms with Crippen molar-refractivity contribution in [2.75, 3.05) is 0 Å². The van der Waals surface area contributed by atoms with E-state index in [1.807, 2.05) is 0 Å². The quantitative estimate of drug-likeness (QED) is 0.435. The largest absolute Gasteiger partial charge is 0.486 e. The molecule has 3 aromatic carbocycles. The zero-order valence-electron chi connectivity index (χ0n) is 15.8. The second-order valence-corrected chi connectivity index (χ2v) is 7.52. The van der Waals surface area contributed by atoms with Crippen LogP contribution in [0, 0.1) is 11.6 Å². The Labute approximate surface area is 174 Å². The predicted molar refractivity (Wildman–Crippen MR) is 111 cm³/mol. The van der Waals surface area contributed by atoms with Gasteiger partial charge >= 0.3 is 6.09 Å². The van der Waals surface area contributed by atoms with Crippen molar-refractivity contribution in [1.82, 2.24) is 4.98 Å². The monoisotopic (exact) mass is 426 g/mol. The molecule has 1 heterocycles. The van der Waals surface area contributed by atoms with Gasteiger partial charge < -0.3 is 15.2 Å². The number of carbonyl (C=O) groups excluding carboxylic acids is 1. The minimum atomic E-state index is -0.875. The lowest BCUT2D eigenvalue weighted by Gasteiger charge is -2.16. The molecule has 0 aliphatic heterocycles. The maximum absolute atomic E-state index is 14.0. The van der Waals surface area contributed by atoms with E-state index in [0.717, 1.165) is 20.8 Å². The van der Waals surface area contributed by atoms with Crippen LogP contribution in [0.5, 0.6) is 11.5 Å². The lowest BCUT2D eigenvalue weighted by atomic mass is 10.1. The minimum absolute atomic E-state index is 0.110. The van der Waals surface area contributed by atoms with Gasteiger partial charge in [0.2, 0.25) is 0 Å². The van der Waals surface area contributed by atoms with Gasteiger partial charge in [-0.2, -0.15) is 0 Å². The van der Waals surface area contributed by atoms with Crippen molar-refractivity contribution in [3.63, 3.8) is 0 Å². The van der Waals surface area contributed by atoms with Crippen LogP contribution in [-0.2, 0) is 0 Å². The van der Waals surface area contributed by atoms with Crippen molar-refractivity contribution in [2.24, 2.45) is 5.73 Å². The molecule has 0 radical (unpaired) electrons. The highest BCUT2D eigenvalue weighted by Gasteiger charge is 2.18. The maximum atomic E-state index is 14.0. The number of hydrogen-bond donors (Lipinski definition) is 1. The second kappa shape index (κ2) is 8.08. The number of rotatable bonds is 5. The van der Waals surface area contributed by atoms with Crippen LogP contribution in [0.4, 0.5) is 13.6 Å². The van der Waals surface area contributed by atoms with Gasteiger partial charge in [0.1, 0.15) is 34.2 Å². The SMILES string of the molecule is CC(Oc1ccc2nc(-c3ccc(OC(N)=O)cc3)sc2c1)c1c(F)cccc1F. The van der Waals surface area contributed by atoms with Gasteiger partial charge in [-0.3, -0.25) is 0 Å². The molecule has 1 unspecified atom stereocenters. The predicted octanol–water partition coefficient (Wildman–Crippen LogP) is 5.84. The third-order valence-corrected chi connectivity index (χ3v) is 5.47. The number of nitrogens with two attached hydrogens (primary N) is 1. The third-order valence-electron chi connectivity index (χ3n) is 4.40. The van der Waals surface area contributed by atoms with E-state index < -0.39 is 23.8 Å². The molecule has 0 bridgehead atoms. The summed E-state index contributed by atoms with van der Waals surface area (Å²) in [5, 5.41) is 0.765. The van der Waals surface area contributed by atoms with Gasteiger partial charge in [0.05, 0.1) is 15.8 Å². The van der Waals surface area contributed by atoms with Crippen molar-refractivity contribution < 1.29 is 23.0 Å². The summed E-state index contributed by atoms with van der Waals surface area (Å²) in [6, 6.07) is 15.8. The number of fused-ring (bicyclic) bond motifs is 1. The first-order chi connectivity index (χ1) is 14.4. The summed E-state index contributed by atoms with van der Waals surface area (Å²) in [5.41, 5.74) is 6.50. The maximum Gasteiger partial charge on any atom is 0.409 e. The molecule has 30 heavy (non-hydrogen) atoms. The fraction of sp³-hybridized carbons (Fsp3) is 0.0909. The summed E-state index contributed by atoms with van der Waals surface area (Å²) in [6.07, 6.45) is -1.67. The van der Waals surface area contributed by atoms with Gasteiger partial charge in [-0.1, -0.05) is 6.07 Å². The molecular formula is C22H16F2N2O3S. The van der Waals surface area contributed by atoms with E-state index in [9.17, 15) is 13.6 Å². The molecule has 2 N–H and O–H groups in total. The molecule has 152 valence electrons. The van der Waals surface area contributed by atoms with E-state index in [1.165, 1.54) is 29.5 Å². The summed E-state index contributed by atoms with van der Waals surface area (Å²) < 4.78 is 39.4. The zero-order valence-corrected chi connectivity index (χ0v) is 16.6. The molecule has 4 aromatic rings. The van der Waals surface area contributed by atoms with Crippen molar-refractivity contribution in [3.05, 3.63) is 77.9 Å². The van der Waals surface area contributed by atoms with Gasteiger partial charge in [0.25, 0.3) is 0 Å². The van der Waals surface area contributed by atoms with E-state index in [0.29, 0.717) is 11.5 Å². The normalized spacial score (nSPS) is 12.0. The van der Waals surface area contributed by atoms with Crippen molar-refractivity contribution in [3.8, 4) is 22.1 Å². The summed E-state index contributed by atoms with van der Waals surface area (Å²) in [5.74, 6) is -0.463. The standard InChI is InChI=1S/C22H16F2N2O3S/c1-12(20-16(23)3-2-4-17(20)24)28-15-9-10-18-19(11-15)30-21(26-18)13-5-7-14(8-6-13)29-22(25)27/h2-12H,1H3,(H2,25,27). The number of thiazole rings is 1. The van der Waals surface area contributed by atoms with Gasteiger partial charge in [-0.05, 0) is 61.5 Å². The average molecular weight is 426 g/mol. The molecule has 8 heteroatoms. The lowest BCUT2D eigenvalue weighted by Crippen LogP contribution is -2.16. The van der Waals surface area contributed by atoms with Crippen molar-refractivity contribution in [1.29, 1.82) is 0 Å². The first-order valence-corrected chi connectivity index (χ1v) is 9.81. The van der Waals surface area contributed by atoms with Crippen LogP contribution in [0.3, 0.4) is 0 Å². The molecule has 1 amide bonds. The van der Waals surface area contributed by atoms with E-state index in [-0.39, 0.29) is 5.56 Å². The number of aromatic nitrogens is 1. The van der Waals surface area contributed by atoms with Gasteiger partial charge in [-0.15, -0.1) is 11.3 Å². The Bertz CT molecular complexity index is 1200. The Kier molecular flexibility index (Phi) is 5.33. The summed E-state index contributed by atoms with van der Waals surface area (Å²) in [6.45, 7) is 1.60. The fourth-order valence-corrected chi connectivity index (χ4v) is 4.05. The zero-order chi connectivity index (χ0) is 21.3. The van der Waals surface area contributed by atoms with E-state index in [1.54, 1.807) is 49.4 Å². The van der Waals surface area contributed by atoms with Crippen molar-refractivity contribution >= 4 is 27.6 Å². The number of primary amides is 1. The van der Waals surface area contributed by atoms with E-state index in [2.05, 4.69) is 4.98 Å². The van der Waals surface area contributed by atoms with Crippen LogP contribution in [0.1, 0.15) is 18.6 Å². The molecule has 0 saturated heterocycles. The summed E-state index contributed by atoms with van der Waals surface area (Å²) in [4.78, 5) is 15.4. The van der Waals surface area contributed by atoms with Crippen LogP contribution in [0.2, 0.25) is 0 Å². The van der Waals surface area contributed by atoms with Crippen molar-refractivity contribution in [2.45, 2.75) is 13.0 Å². The first-order valence-electron chi connectivity index (χ1n) is 8.99. The third kappa shape index (κ3) is 4.08. The molecule has 0 aliphatic rings. The highest BCUT2D eigenvalue weighted by atomic mass is 32.1. The molecule has 0 fully saturated rings. The Balaban J connectivity index is 1.57. The minimum Gasteiger partial charge on any atom is -0.486 e. The number of carbonyl (C=O) groups is 1. The molecule has 0 aliphatic carbocycles. The van der Waals surface area contributed by atoms with Gasteiger partial charge in [-0.25, -0.2) is 18.6 Å². The molecule has 5 nitrogen and oxygen atoms in total. The molecule has 1 aromatic heterocycles. The van der Waals surface area contributed by atoms with Crippen LogP contribution < -0.4 is 15.2 Å². The molecule has 0 spiro atoms. The highest BCUT2D eigenvalue weighted by Crippen LogP contribution is 2.34. The molecule has 1 atom stereocenters. The van der Waals surface area contributed by atoms with Crippen LogP contribution in [-0.4, -0.2) is 11.1 Å². The number of amides is 1. The molecular weight excluding hydrogens is 410 g/mol. The number of hydrogen-bond acceptors (Lipinski definition) is 5. The highest BCUT2D eigenvalue weighted by molar-refractivity contribution is 7.21. The van der Waals surface area contributed by atoms with Crippen LogP contribution in [0.25, 0.3) is 20.8 Å². The van der Waals surface area contributed by atoms with Gasteiger partial charge in [0.15, 0.2) is 0 Å². The van der Waals surface area contributed by atoms with Gasteiger partial charge in [0, 0.05) is 5.56 Å². The van der Waals surface area contributed by atoms with Crippen LogP contribution in [0.15, 0.2) is 60.7 Å². The number of ether oxygens (including phenoxy) is 2. The molecule has 4 rings (SSSR count). The summed E-state index contributed by atoms with van der Waals surface area (Å²) >= 11 is 1.44. The fourth-order valence-electron chi connectivity index (χ4n) is 3.05. The second-order valence-electron chi connectivity index (χ2n) is 6.49. The number of nitrogens with zero attached hydrogens (tertiary/aromatic N) is 1. The average Bonchev–Trinajstić information content (AvgIpc) is 3.11. The topological polar surface area (TPSA) is 74.4 Å².